The molecule has 0 amide bonds. The lowest BCUT2D eigenvalue weighted by Crippen LogP contribution is -1.97. The molecule has 4 nitrogen and oxygen atoms in total. The van der Waals surface area contributed by atoms with Gasteiger partial charge in [-0.15, -0.1) is 0 Å². The second-order valence-corrected chi connectivity index (χ2v) is 14.2. The molecule has 0 aliphatic rings. The van der Waals surface area contributed by atoms with Crippen LogP contribution in [0.5, 0.6) is 0 Å². The van der Waals surface area contributed by atoms with Crippen molar-refractivity contribution in [2.45, 2.75) is 0 Å². The van der Waals surface area contributed by atoms with Crippen LogP contribution in [0.3, 0.4) is 0 Å². The number of rotatable bonds is 6. The molecule has 0 N–H and O–H groups in total. The molecular formula is C52H34N4. The van der Waals surface area contributed by atoms with E-state index in [4.69, 9.17) is 9.97 Å². The highest BCUT2D eigenvalue weighted by molar-refractivity contribution is 6.15. The Balaban J connectivity index is 1.08. The minimum Gasteiger partial charge on any atom is -0.309 e. The third-order valence-electron chi connectivity index (χ3n) is 11.0. The molecule has 4 heteroatoms. The van der Waals surface area contributed by atoms with E-state index in [-0.39, 0.29) is 0 Å². The Labute approximate surface area is 324 Å². The third-order valence-corrected chi connectivity index (χ3v) is 11.0. The van der Waals surface area contributed by atoms with Gasteiger partial charge in [-0.1, -0.05) is 140 Å². The van der Waals surface area contributed by atoms with E-state index >= 15 is 0 Å². The Bertz CT molecular complexity index is 3160. The van der Waals surface area contributed by atoms with Gasteiger partial charge in [0, 0.05) is 55.8 Å². The summed E-state index contributed by atoms with van der Waals surface area (Å²) in [5.74, 6) is 0. The standard InChI is InChI=1S/C52H34N4/c1-4-14-36(15-5-1)47-32-39(33-48(54-47)37-16-6-2-7-17-37)35-25-28-41(29-26-35)56-50-34-38(27-30-44(50)46-23-13-31-53-52(46)56)42-21-12-22-45-43-20-10-11-24-49(43)55(51(42)45)40-18-8-3-9-19-40/h1-34H. The molecule has 4 heterocycles. The Morgan fingerprint density at radius 2 is 0.929 bits per heavy atom. The molecule has 0 unspecified atom stereocenters. The monoisotopic (exact) mass is 714 g/mol. The number of pyridine rings is 2. The van der Waals surface area contributed by atoms with Crippen LogP contribution in [0.2, 0.25) is 0 Å². The van der Waals surface area contributed by atoms with Gasteiger partial charge in [-0.3, -0.25) is 4.57 Å². The molecule has 0 aliphatic heterocycles. The number of aromatic nitrogens is 4. The Morgan fingerprint density at radius 3 is 1.66 bits per heavy atom. The molecule has 4 aromatic heterocycles. The second kappa shape index (κ2) is 13.1. The van der Waals surface area contributed by atoms with E-state index in [0.29, 0.717) is 0 Å². The van der Waals surface area contributed by atoms with E-state index in [2.05, 4.69) is 191 Å². The molecule has 0 fully saturated rings. The van der Waals surface area contributed by atoms with Crippen molar-refractivity contribution in [1.82, 2.24) is 19.1 Å². The van der Waals surface area contributed by atoms with Crippen molar-refractivity contribution in [3.8, 4) is 56.1 Å². The average molecular weight is 715 g/mol. The topological polar surface area (TPSA) is 35.6 Å². The summed E-state index contributed by atoms with van der Waals surface area (Å²) in [5.41, 5.74) is 15.3. The van der Waals surface area contributed by atoms with Gasteiger partial charge >= 0.3 is 0 Å². The minimum absolute atomic E-state index is 0.936. The minimum atomic E-state index is 0.936. The average Bonchev–Trinajstić information content (AvgIpc) is 3.80. The van der Waals surface area contributed by atoms with Crippen LogP contribution < -0.4 is 0 Å². The van der Waals surface area contributed by atoms with Crippen molar-refractivity contribution in [1.29, 1.82) is 0 Å². The predicted molar refractivity (Wildman–Crippen MR) is 232 cm³/mol. The highest BCUT2D eigenvalue weighted by atomic mass is 15.0. The van der Waals surface area contributed by atoms with Crippen molar-refractivity contribution in [2.75, 3.05) is 0 Å². The first kappa shape index (κ1) is 31.9. The molecule has 0 saturated carbocycles. The molecular weight excluding hydrogens is 681 g/mol. The molecule has 11 aromatic rings. The molecule has 0 spiro atoms. The molecule has 0 bridgehead atoms. The molecule has 7 aromatic carbocycles. The van der Waals surface area contributed by atoms with Crippen LogP contribution in [0.4, 0.5) is 0 Å². The summed E-state index contributed by atoms with van der Waals surface area (Å²) < 4.78 is 4.72. The number of para-hydroxylation sites is 3. The van der Waals surface area contributed by atoms with Crippen molar-refractivity contribution in [3.05, 3.63) is 206 Å². The lowest BCUT2D eigenvalue weighted by atomic mass is 9.99. The fraction of sp³-hybridized carbons (Fsp3) is 0. The number of hydrogen-bond acceptors (Lipinski definition) is 2. The van der Waals surface area contributed by atoms with E-state index in [1.165, 1.54) is 32.8 Å². The zero-order chi connectivity index (χ0) is 37.0. The predicted octanol–water partition coefficient (Wildman–Crippen LogP) is 13.3. The van der Waals surface area contributed by atoms with Crippen molar-refractivity contribution in [2.24, 2.45) is 0 Å². The summed E-state index contributed by atoms with van der Waals surface area (Å²) in [7, 11) is 0. The maximum Gasteiger partial charge on any atom is 0.145 e. The summed E-state index contributed by atoms with van der Waals surface area (Å²) in [6.45, 7) is 0. The van der Waals surface area contributed by atoms with Gasteiger partial charge < -0.3 is 4.57 Å². The van der Waals surface area contributed by atoms with Crippen molar-refractivity contribution in [3.63, 3.8) is 0 Å². The number of fused-ring (bicyclic) bond motifs is 6. The van der Waals surface area contributed by atoms with Crippen LogP contribution >= 0.6 is 0 Å². The maximum absolute atomic E-state index is 5.10. The molecule has 262 valence electrons. The number of nitrogens with zero attached hydrogens (tertiary/aromatic N) is 4. The van der Waals surface area contributed by atoms with E-state index in [1.54, 1.807) is 0 Å². The number of benzene rings is 7. The van der Waals surface area contributed by atoms with Crippen LogP contribution in [0.25, 0.3) is 99.9 Å². The Kier molecular flexibility index (Phi) is 7.46. The molecule has 11 rings (SSSR count). The van der Waals surface area contributed by atoms with E-state index in [1.807, 2.05) is 24.4 Å². The van der Waals surface area contributed by atoms with Gasteiger partial charge in [0.2, 0.25) is 0 Å². The van der Waals surface area contributed by atoms with Gasteiger partial charge in [0.25, 0.3) is 0 Å². The quantitative estimate of drug-likeness (QED) is 0.172. The van der Waals surface area contributed by atoms with Gasteiger partial charge in [-0.2, -0.15) is 0 Å². The largest absolute Gasteiger partial charge is 0.309 e. The summed E-state index contributed by atoms with van der Waals surface area (Å²) in [5, 5.41) is 4.78. The van der Waals surface area contributed by atoms with Crippen molar-refractivity contribution < 1.29 is 0 Å². The van der Waals surface area contributed by atoms with Gasteiger partial charge in [0.05, 0.1) is 27.9 Å². The zero-order valence-electron chi connectivity index (χ0n) is 30.4. The van der Waals surface area contributed by atoms with Crippen LogP contribution in [0, 0.1) is 0 Å². The van der Waals surface area contributed by atoms with E-state index in [0.717, 1.165) is 67.1 Å². The lowest BCUT2D eigenvalue weighted by molar-refractivity contribution is 1.14. The van der Waals surface area contributed by atoms with Crippen LogP contribution in [-0.2, 0) is 0 Å². The summed E-state index contributed by atoms with van der Waals surface area (Å²) in [6, 6.07) is 71.2. The molecule has 0 atom stereocenters. The van der Waals surface area contributed by atoms with Gasteiger partial charge in [-0.25, -0.2) is 9.97 Å². The molecule has 0 aliphatic carbocycles. The fourth-order valence-corrected chi connectivity index (χ4v) is 8.38. The summed E-state index contributed by atoms with van der Waals surface area (Å²) in [6.07, 6.45) is 1.89. The van der Waals surface area contributed by atoms with E-state index in [9.17, 15) is 0 Å². The Hall–Kier alpha value is -7.56. The lowest BCUT2D eigenvalue weighted by Gasteiger charge is -2.13. The maximum atomic E-state index is 5.10. The SMILES string of the molecule is c1ccc(-c2cc(-c3ccc(-n4c5cc(-c6cccc7c8ccccc8n(-c8ccccc8)c67)ccc5c5cccnc54)cc3)cc(-c3ccccc3)n2)cc1. The second-order valence-electron chi connectivity index (χ2n) is 14.2. The van der Waals surface area contributed by atoms with Gasteiger partial charge in [0.1, 0.15) is 5.65 Å². The first-order valence-electron chi connectivity index (χ1n) is 19.0. The molecule has 0 saturated heterocycles. The highest BCUT2D eigenvalue weighted by Gasteiger charge is 2.19. The summed E-state index contributed by atoms with van der Waals surface area (Å²) >= 11 is 0. The first-order valence-corrected chi connectivity index (χ1v) is 19.0. The molecule has 0 radical (unpaired) electrons. The smallest absolute Gasteiger partial charge is 0.145 e. The number of hydrogen-bond donors (Lipinski definition) is 0. The summed E-state index contributed by atoms with van der Waals surface area (Å²) in [4.78, 5) is 10.1. The Morgan fingerprint density at radius 1 is 0.339 bits per heavy atom. The van der Waals surface area contributed by atoms with Gasteiger partial charge in [0.15, 0.2) is 0 Å². The van der Waals surface area contributed by atoms with Crippen LogP contribution in [0.15, 0.2) is 206 Å². The van der Waals surface area contributed by atoms with E-state index < -0.39 is 0 Å². The first-order chi connectivity index (χ1) is 27.8. The zero-order valence-corrected chi connectivity index (χ0v) is 30.4. The van der Waals surface area contributed by atoms with Crippen LogP contribution in [0.1, 0.15) is 0 Å². The highest BCUT2D eigenvalue weighted by Crippen LogP contribution is 2.41. The van der Waals surface area contributed by atoms with Crippen LogP contribution in [-0.4, -0.2) is 19.1 Å². The molecule has 56 heavy (non-hydrogen) atoms. The normalized spacial score (nSPS) is 11.6. The van der Waals surface area contributed by atoms with Crippen molar-refractivity contribution >= 4 is 43.7 Å². The fourth-order valence-electron chi connectivity index (χ4n) is 8.38. The van der Waals surface area contributed by atoms with Gasteiger partial charge in [-0.05, 0) is 77.4 Å². The third kappa shape index (κ3) is 5.23.